The highest BCUT2D eigenvalue weighted by Crippen LogP contribution is 2.36. The smallest absolute Gasteiger partial charge is 0.228 e. The summed E-state index contributed by atoms with van der Waals surface area (Å²) in [5.74, 6) is -0.0115. The lowest BCUT2D eigenvalue weighted by Crippen LogP contribution is -2.12. The molecule has 0 aromatic heterocycles. The normalized spacial score (nSPS) is 12.5. The fourth-order valence-electron chi connectivity index (χ4n) is 2.47. The third-order valence-corrected chi connectivity index (χ3v) is 3.62. The van der Waals surface area contributed by atoms with Crippen molar-refractivity contribution in [1.82, 2.24) is 0 Å². The third kappa shape index (κ3) is 2.28. The van der Waals surface area contributed by atoms with Crippen LogP contribution in [0.4, 0.5) is 22.7 Å². The predicted molar refractivity (Wildman–Crippen MR) is 82.4 cm³/mol. The van der Waals surface area contributed by atoms with Crippen LogP contribution in [-0.4, -0.2) is 13.0 Å². The van der Waals surface area contributed by atoms with Crippen molar-refractivity contribution >= 4 is 28.7 Å². The summed E-state index contributed by atoms with van der Waals surface area (Å²) in [5, 5.41) is 11.7. The average Bonchev–Trinajstić information content (AvgIpc) is 2.85. The summed E-state index contributed by atoms with van der Waals surface area (Å²) in [7, 11) is 1.90. The number of nitriles is 1. The molecule has 0 aliphatic carbocycles. The van der Waals surface area contributed by atoms with Crippen molar-refractivity contribution in [3.8, 4) is 6.07 Å². The zero-order chi connectivity index (χ0) is 15.0. The molecular weight excluding hydrogens is 264 g/mol. The molecule has 2 aromatic rings. The number of hydrogen-bond donors (Lipinski definition) is 2. The van der Waals surface area contributed by atoms with E-state index in [1.165, 1.54) is 0 Å². The first kappa shape index (κ1) is 13.0. The zero-order valence-electron chi connectivity index (χ0n) is 11.6. The molecule has 0 radical (unpaired) electrons. The number of anilines is 4. The molecule has 1 aliphatic heterocycles. The third-order valence-electron chi connectivity index (χ3n) is 3.62. The first-order valence-corrected chi connectivity index (χ1v) is 6.54. The molecule has 0 unspecified atom stereocenters. The van der Waals surface area contributed by atoms with Crippen molar-refractivity contribution in [2.75, 3.05) is 23.0 Å². The molecule has 2 aromatic carbocycles. The molecule has 5 heteroatoms. The number of carbonyl (C=O) groups is 1. The van der Waals surface area contributed by atoms with E-state index in [0.717, 1.165) is 22.6 Å². The SMILES string of the molecule is CN(c1ccc(C#N)cc1)c1cc2c(cc1N)CC(=O)N2. The van der Waals surface area contributed by atoms with E-state index in [2.05, 4.69) is 11.4 Å². The lowest BCUT2D eigenvalue weighted by Gasteiger charge is -2.22. The van der Waals surface area contributed by atoms with Gasteiger partial charge in [-0.2, -0.15) is 5.26 Å². The quantitative estimate of drug-likeness (QED) is 0.826. The number of rotatable bonds is 2. The maximum atomic E-state index is 11.4. The number of nitrogens with one attached hydrogen (secondary N) is 1. The topological polar surface area (TPSA) is 82.2 Å². The second-order valence-corrected chi connectivity index (χ2v) is 5.01. The van der Waals surface area contributed by atoms with Crippen LogP contribution in [0.3, 0.4) is 0 Å². The number of benzene rings is 2. The summed E-state index contributed by atoms with van der Waals surface area (Å²) in [6, 6.07) is 13.1. The molecule has 0 saturated heterocycles. The molecule has 3 N–H and O–H groups in total. The number of nitrogens with zero attached hydrogens (tertiary/aromatic N) is 2. The molecule has 1 amide bonds. The maximum Gasteiger partial charge on any atom is 0.228 e. The Kier molecular flexibility index (Phi) is 2.99. The van der Waals surface area contributed by atoms with E-state index in [1.807, 2.05) is 36.2 Å². The molecule has 0 atom stereocenters. The lowest BCUT2D eigenvalue weighted by atomic mass is 10.1. The molecule has 0 spiro atoms. The Balaban J connectivity index is 1.98. The van der Waals surface area contributed by atoms with Crippen molar-refractivity contribution < 1.29 is 4.79 Å². The number of hydrogen-bond acceptors (Lipinski definition) is 4. The van der Waals surface area contributed by atoms with Gasteiger partial charge in [-0.05, 0) is 42.0 Å². The van der Waals surface area contributed by atoms with Crippen LogP contribution in [0.25, 0.3) is 0 Å². The minimum absolute atomic E-state index is 0.0115. The Labute approximate surface area is 122 Å². The highest BCUT2D eigenvalue weighted by Gasteiger charge is 2.20. The molecule has 1 heterocycles. The Morgan fingerprint density at radius 3 is 2.67 bits per heavy atom. The molecule has 104 valence electrons. The van der Waals surface area contributed by atoms with Gasteiger partial charge in [-0.1, -0.05) is 0 Å². The highest BCUT2D eigenvalue weighted by atomic mass is 16.1. The van der Waals surface area contributed by atoms with Crippen LogP contribution in [0, 0.1) is 11.3 Å². The van der Waals surface area contributed by atoms with Gasteiger partial charge in [0.05, 0.1) is 29.4 Å². The van der Waals surface area contributed by atoms with Crippen LogP contribution >= 0.6 is 0 Å². The highest BCUT2D eigenvalue weighted by molar-refractivity contribution is 6.01. The standard InChI is InChI=1S/C16H14N4O/c1-20(12-4-2-10(9-17)3-5-12)15-8-14-11(6-13(15)18)7-16(21)19-14/h2-6,8H,7,18H2,1H3,(H,19,21). The molecule has 0 saturated carbocycles. The molecular formula is C16H14N4O. The van der Waals surface area contributed by atoms with Gasteiger partial charge < -0.3 is 16.0 Å². The average molecular weight is 278 g/mol. The first-order chi connectivity index (χ1) is 10.1. The van der Waals surface area contributed by atoms with Crippen LogP contribution in [0.15, 0.2) is 36.4 Å². The van der Waals surface area contributed by atoms with Gasteiger partial charge in [-0.3, -0.25) is 4.79 Å². The van der Waals surface area contributed by atoms with E-state index >= 15 is 0 Å². The van der Waals surface area contributed by atoms with Crippen molar-refractivity contribution in [3.05, 3.63) is 47.5 Å². The van der Waals surface area contributed by atoms with E-state index in [1.54, 1.807) is 12.1 Å². The minimum atomic E-state index is -0.0115. The molecule has 0 bridgehead atoms. The van der Waals surface area contributed by atoms with Crippen LogP contribution in [0.1, 0.15) is 11.1 Å². The zero-order valence-corrected chi connectivity index (χ0v) is 11.6. The second-order valence-electron chi connectivity index (χ2n) is 5.01. The summed E-state index contributed by atoms with van der Waals surface area (Å²) in [4.78, 5) is 13.4. The number of amides is 1. The lowest BCUT2D eigenvalue weighted by molar-refractivity contribution is -0.115. The van der Waals surface area contributed by atoms with Crippen molar-refractivity contribution in [1.29, 1.82) is 5.26 Å². The molecule has 21 heavy (non-hydrogen) atoms. The van der Waals surface area contributed by atoms with Gasteiger partial charge in [0.25, 0.3) is 0 Å². The number of nitrogens with two attached hydrogens (primary N) is 1. The van der Waals surface area contributed by atoms with Gasteiger partial charge in [0.1, 0.15) is 0 Å². The monoisotopic (exact) mass is 278 g/mol. The first-order valence-electron chi connectivity index (χ1n) is 6.54. The Bertz CT molecular complexity index is 759. The van der Waals surface area contributed by atoms with Crippen LogP contribution in [-0.2, 0) is 11.2 Å². The van der Waals surface area contributed by atoms with Gasteiger partial charge >= 0.3 is 0 Å². The van der Waals surface area contributed by atoms with Gasteiger partial charge in [-0.25, -0.2) is 0 Å². The summed E-state index contributed by atoms with van der Waals surface area (Å²) < 4.78 is 0. The van der Waals surface area contributed by atoms with Crippen LogP contribution in [0.5, 0.6) is 0 Å². The summed E-state index contributed by atoms with van der Waals surface area (Å²) >= 11 is 0. The van der Waals surface area contributed by atoms with E-state index in [4.69, 9.17) is 11.0 Å². The number of nitrogen functional groups attached to an aromatic ring is 1. The van der Waals surface area contributed by atoms with Crippen LogP contribution in [0.2, 0.25) is 0 Å². The van der Waals surface area contributed by atoms with E-state index in [-0.39, 0.29) is 5.91 Å². The largest absolute Gasteiger partial charge is 0.397 e. The van der Waals surface area contributed by atoms with Crippen molar-refractivity contribution in [3.63, 3.8) is 0 Å². The molecule has 5 nitrogen and oxygen atoms in total. The molecule has 0 fully saturated rings. The molecule has 3 rings (SSSR count). The van der Waals surface area contributed by atoms with E-state index in [0.29, 0.717) is 17.7 Å². The molecule has 1 aliphatic rings. The Morgan fingerprint density at radius 2 is 2.00 bits per heavy atom. The van der Waals surface area contributed by atoms with Gasteiger partial charge in [-0.15, -0.1) is 0 Å². The summed E-state index contributed by atoms with van der Waals surface area (Å²) in [5.41, 5.74) is 10.8. The fraction of sp³-hybridized carbons (Fsp3) is 0.125. The Hall–Kier alpha value is -3.00. The van der Waals surface area contributed by atoms with Gasteiger partial charge in [0.15, 0.2) is 0 Å². The van der Waals surface area contributed by atoms with Gasteiger partial charge in [0, 0.05) is 18.4 Å². The maximum absolute atomic E-state index is 11.4. The van der Waals surface area contributed by atoms with Crippen molar-refractivity contribution in [2.45, 2.75) is 6.42 Å². The van der Waals surface area contributed by atoms with E-state index < -0.39 is 0 Å². The predicted octanol–water partition coefficient (Wildman–Crippen LogP) is 2.40. The minimum Gasteiger partial charge on any atom is -0.397 e. The van der Waals surface area contributed by atoms with Gasteiger partial charge in [0.2, 0.25) is 5.91 Å². The second kappa shape index (κ2) is 4.84. The van der Waals surface area contributed by atoms with E-state index in [9.17, 15) is 4.79 Å². The van der Waals surface area contributed by atoms with Crippen LogP contribution < -0.4 is 16.0 Å². The summed E-state index contributed by atoms with van der Waals surface area (Å²) in [6.07, 6.45) is 0.375. The Morgan fingerprint density at radius 1 is 1.29 bits per heavy atom. The number of carbonyl (C=O) groups excluding carboxylic acids is 1. The summed E-state index contributed by atoms with van der Waals surface area (Å²) in [6.45, 7) is 0. The fourth-order valence-corrected chi connectivity index (χ4v) is 2.47. The van der Waals surface area contributed by atoms with Crippen molar-refractivity contribution in [2.24, 2.45) is 0 Å². The number of fused-ring (bicyclic) bond motifs is 1.